The molecule has 0 heterocycles. The molecule has 0 saturated heterocycles. The zero-order chi connectivity index (χ0) is 20.7. The van der Waals surface area contributed by atoms with Gasteiger partial charge in [-0.05, 0) is 38.5 Å². The third-order valence-corrected chi connectivity index (χ3v) is 3.33. The van der Waals surface area contributed by atoms with Gasteiger partial charge in [-0.15, -0.1) is 0 Å². The molecule has 27 heavy (non-hydrogen) atoms. The summed E-state index contributed by atoms with van der Waals surface area (Å²) in [4.78, 5) is 24.1. The highest BCUT2D eigenvalue weighted by molar-refractivity contribution is 5.78. The minimum absolute atomic E-state index is 0.151. The molecule has 0 aliphatic heterocycles. The van der Waals surface area contributed by atoms with E-state index < -0.39 is 35.4 Å². The Hall–Kier alpha value is -2.29. The van der Waals surface area contributed by atoms with Crippen LogP contribution in [0.15, 0.2) is 24.3 Å². The number of carbonyl (C=O) groups excluding carboxylic acids is 2. The van der Waals surface area contributed by atoms with E-state index in [9.17, 15) is 22.8 Å². The molecular weight excluding hydrogens is 365 g/mol. The Labute approximate surface area is 156 Å². The number of amides is 2. The van der Waals surface area contributed by atoms with Gasteiger partial charge in [0.25, 0.3) is 0 Å². The summed E-state index contributed by atoms with van der Waals surface area (Å²) in [7, 11) is 1.47. The van der Waals surface area contributed by atoms with Gasteiger partial charge in [-0.25, -0.2) is 4.79 Å². The van der Waals surface area contributed by atoms with Crippen molar-refractivity contribution < 1.29 is 32.2 Å². The SMILES string of the molecule is COCCNC(=O)C[C@H](NC(=O)OC(C)(C)C)c1cccc(C(F)(F)F)c1. The fourth-order valence-corrected chi connectivity index (χ4v) is 2.18. The lowest BCUT2D eigenvalue weighted by Gasteiger charge is -2.24. The number of rotatable bonds is 7. The van der Waals surface area contributed by atoms with Gasteiger partial charge in [-0.2, -0.15) is 13.2 Å². The quantitative estimate of drug-likeness (QED) is 0.700. The molecule has 0 unspecified atom stereocenters. The Morgan fingerprint density at radius 2 is 1.85 bits per heavy atom. The number of nitrogens with one attached hydrogen (secondary N) is 2. The standard InChI is InChI=1S/C18H25F3N2O4/c1-17(2,3)27-16(25)23-14(11-15(24)22-8-9-26-4)12-6-5-7-13(10-12)18(19,20)21/h5-7,10,14H,8-9,11H2,1-4H3,(H,22,24)(H,23,25)/t14-/m0/s1. The van der Waals surface area contributed by atoms with Crippen molar-refractivity contribution in [3.05, 3.63) is 35.4 Å². The fraction of sp³-hybridized carbons (Fsp3) is 0.556. The number of halogens is 3. The number of benzene rings is 1. The molecule has 0 radical (unpaired) electrons. The Morgan fingerprint density at radius 3 is 2.41 bits per heavy atom. The van der Waals surface area contributed by atoms with Crippen LogP contribution in [-0.4, -0.2) is 37.9 Å². The van der Waals surface area contributed by atoms with Crippen LogP contribution < -0.4 is 10.6 Å². The van der Waals surface area contributed by atoms with Crippen LogP contribution >= 0.6 is 0 Å². The van der Waals surface area contributed by atoms with Crippen molar-refractivity contribution in [1.29, 1.82) is 0 Å². The van der Waals surface area contributed by atoms with E-state index in [1.807, 2.05) is 0 Å². The molecular formula is C18H25F3N2O4. The molecule has 0 saturated carbocycles. The van der Waals surface area contributed by atoms with Gasteiger partial charge < -0.3 is 20.1 Å². The Kier molecular flexibility index (Phi) is 8.08. The van der Waals surface area contributed by atoms with Crippen LogP contribution in [0.1, 0.15) is 44.4 Å². The predicted molar refractivity (Wildman–Crippen MR) is 93.1 cm³/mol. The first-order chi connectivity index (χ1) is 12.4. The molecule has 2 amide bonds. The maximum atomic E-state index is 13.0. The van der Waals surface area contributed by atoms with Crippen LogP contribution in [0.25, 0.3) is 0 Å². The van der Waals surface area contributed by atoms with E-state index in [2.05, 4.69) is 10.6 Å². The van der Waals surface area contributed by atoms with E-state index in [0.29, 0.717) is 6.61 Å². The van der Waals surface area contributed by atoms with Gasteiger partial charge in [0.2, 0.25) is 5.91 Å². The molecule has 0 aliphatic carbocycles. The largest absolute Gasteiger partial charge is 0.444 e. The summed E-state index contributed by atoms with van der Waals surface area (Å²) < 4.78 is 48.9. The molecule has 0 aliphatic rings. The van der Waals surface area contributed by atoms with Crippen molar-refractivity contribution in [2.24, 2.45) is 0 Å². The second kappa shape index (κ2) is 9.59. The lowest BCUT2D eigenvalue weighted by atomic mass is 10.0. The summed E-state index contributed by atoms with van der Waals surface area (Å²) in [5.74, 6) is -0.439. The first kappa shape index (κ1) is 22.8. The number of methoxy groups -OCH3 is 1. The first-order valence-corrected chi connectivity index (χ1v) is 8.34. The van der Waals surface area contributed by atoms with Crippen LogP contribution in [0.3, 0.4) is 0 Å². The summed E-state index contributed by atoms with van der Waals surface area (Å²) in [5.41, 5.74) is -1.50. The minimum atomic E-state index is -4.53. The van der Waals surface area contributed by atoms with Crippen molar-refractivity contribution in [2.75, 3.05) is 20.3 Å². The summed E-state index contributed by atoms with van der Waals surface area (Å²) in [6.07, 6.45) is -5.60. The van der Waals surface area contributed by atoms with Crippen LogP contribution in [0.2, 0.25) is 0 Å². The molecule has 9 heteroatoms. The highest BCUT2D eigenvalue weighted by Crippen LogP contribution is 2.31. The highest BCUT2D eigenvalue weighted by atomic mass is 19.4. The molecule has 2 N–H and O–H groups in total. The number of alkyl halides is 3. The second-order valence-electron chi connectivity index (χ2n) is 6.87. The van der Waals surface area contributed by atoms with Gasteiger partial charge in [0.05, 0.1) is 24.6 Å². The summed E-state index contributed by atoms with van der Waals surface area (Å²) >= 11 is 0. The topological polar surface area (TPSA) is 76.7 Å². The number of alkyl carbamates (subject to hydrolysis) is 1. The minimum Gasteiger partial charge on any atom is -0.444 e. The average molecular weight is 390 g/mol. The monoisotopic (exact) mass is 390 g/mol. The van der Waals surface area contributed by atoms with Crippen molar-refractivity contribution in [2.45, 2.75) is 45.0 Å². The van der Waals surface area contributed by atoms with Crippen LogP contribution in [0, 0.1) is 0 Å². The van der Waals surface area contributed by atoms with Crippen LogP contribution in [0.5, 0.6) is 0 Å². The van der Waals surface area contributed by atoms with Gasteiger partial charge in [-0.1, -0.05) is 12.1 Å². The molecule has 0 spiro atoms. The van der Waals surface area contributed by atoms with E-state index in [0.717, 1.165) is 12.1 Å². The van der Waals surface area contributed by atoms with Crippen molar-refractivity contribution in [1.82, 2.24) is 10.6 Å². The third-order valence-electron chi connectivity index (χ3n) is 3.33. The molecule has 152 valence electrons. The zero-order valence-electron chi connectivity index (χ0n) is 15.8. The van der Waals surface area contributed by atoms with Crippen molar-refractivity contribution in [3.63, 3.8) is 0 Å². The van der Waals surface area contributed by atoms with Gasteiger partial charge in [0, 0.05) is 13.7 Å². The molecule has 1 rings (SSSR count). The fourth-order valence-electron chi connectivity index (χ4n) is 2.18. The predicted octanol–water partition coefficient (Wildman–Crippen LogP) is 3.42. The third kappa shape index (κ3) is 8.76. The maximum absolute atomic E-state index is 13.0. The normalized spacial score (nSPS) is 13.0. The first-order valence-electron chi connectivity index (χ1n) is 8.34. The number of ether oxygens (including phenoxy) is 2. The summed E-state index contributed by atoms with van der Waals surface area (Å²) in [6.45, 7) is 5.51. The van der Waals surface area contributed by atoms with E-state index in [-0.39, 0.29) is 18.5 Å². The smallest absolute Gasteiger partial charge is 0.416 e. The van der Waals surface area contributed by atoms with E-state index in [1.54, 1.807) is 20.8 Å². The molecule has 1 aromatic carbocycles. The summed E-state index contributed by atoms with van der Waals surface area (Å²) in [6, 6.07) is 3.49. The number of hydrogen-bond donors (Lipinski definition) is 2. The molecule has 0 bridgehead atoms. The molecule has 1 aromatic rings. The number of hydrogen-bond acceptors (Lipinski definition) is 4. The molecule has 6 nitrogen and oxygen atoms in total. The molecule has 0 fully saturated rings. The summed E-state index contributed by atoms with van der Waals surface area (Å²) in [5, 5.41) is 5.04. The van der Waals surface area contributed by atoms with Crippen LogP contribution in [-0.2, 0) is 20.4 Å². The lowest BCUT2D eigenvalue weighted by molar-refractivity contribution is -0.137. The van der Waals surface area contributed by atoms with E-state index >= 15 is 0 Å². The Morgan fingerprint density at radius 1 is 1.19 bits per heavy atom. The number of carbonyl (C=O) groups is 2. The second-order valence-corrected chi connectivity index (χ2v) is 6.87. The van der Waals surface area contributed by atoms with Crippen molar-refractivity contribution >= 4 is 12.0 Å². The van der Waals surface area contributed by atoms with Gasteiger partial charge in [0.15, 0.2) is 0 Å². The van der Waals surface area contributed by atoms with Crippen LogP contribution in [0.4, 0.5) is 18.0 Å². The maximum Gasteiger partial charge on any atom is 0.416 e. The molecule has 0 aromatic heterocycles. The average Bonchev–Trinajstić information content (AvgIpc) is 2.52. The van der Waals surface area contributed by atoms with Crippen molar-refractivity contribution in [3.8, 4) is 0 Å². The Balaban J connectivity index is 2.99. The lowest BCUT2D eigenvalue weighted by Crippen LogP contribution is -2.38. The van der Waals surface area contributed by atoms with E-state index in [1.165, 1.54) is 19.2 Å². The van der Waals surface area contributed by atoms with Gasteiger partial charge in [-0.3, -0.25) is 4.79 Å². The van der Waals surface area contributed by atoms with E-state index in [4.69, 9.17) is 9.47 Å². The Bertz CT molecular complexity index is 642. The van der Waals surface area contributed by atoms with Gasteiger partial charge in [0.1, 0.15) is 5.60 Å². The zero-order valence-corrected chi connectivity index (χ0v) is 15.8. The highest BCUT2D eigenvalue weighted by Gasteiger charge is 2.31. The van der Waals surface area contributed by atoms with Gasteiger partial charge >= 0.3 is 12.3 Å². The molecule has 1 atom stereocenters.